The number of carboxylic acid groups (broad SMARTS) is 1. The van der Waals surface area contributed by atoms with E-state index in [1.54, 1.807) is 36.4 Å². The Bertz CT molecular complexity index is 2030. The summed E-state index contributed by atoms with van der Waals surface area (Å²) < 4.78 is 8.45. The van der Waals surface area contributed by atoms with E-state index in [9.17, 15) is 14.7 Å². The van der Waals surface area contributed by atoms with Crippen molar-refractivity contribution >= 4 is 29.1 Å². The van der Waals surface area contributed by atoms with Crippen LogP contribution in [0.5, 0.6) is 0 Å². The number of carbonyl (C=O) groups is 1. The van der Waals surface area contributed by atoms with Gasteiger partial charge in [0, 0.05) is 17.2 Å². The lowest BCUT2D eigenvalue weighted by Crippen LogP contribution is -2.38. The van der Waals surface area contributed by atoms with Gasteiger partial charge >= 0.3 is 5.97 Å². The molecule has 1 N–H and O–H groups in total. The van der Waals surface area contributed by atoms with Gasteiger partial charge in [-0.3, -0.25) is 9.36 Å². The molecule has 3 heterocycles. The number of carboxylic acids is 1. The first-order chi connectivity index (χ1) is 19.5. The number of aromatic nitrogens is 1. The number of aromatic carboxylic acids is 1. The number of benzene rings is 3. The molecule has 1 unspecified atom stereocenters. The van der Waals surface area contributed by atoms with Gasteiger partial charge in [0.15, 0.2) is 4.80 Å². The van der Waals surface area contributed by atoms with E-state index in [0.717, 1.165) is 40.8 Å². The van der Waals surface area contributed by atoms with Crippen LogP contribution >= 0.6 is 11.3 Å². The maximum absolute atomic E-state index is 13.9. The molecule has 1 atom stereocenters. The number of nitrogens with zero attached hydrogens (tertiary/aromatic N) is 2. The fourth-order valence-electron chi connectivity index (χ4n) is 5.68. The quantitative estimate of drug-likeness (QED) is 0.320. The number of fused-ring (bicyclic) bond motifs is 3. The molecule has 0 amide bonds. The largest absolute Gasteiger partial charge is 0.478 e. The maximum atomic E-state index is 13.9. The number of thiazole rings is 1. The summed E-state index contributed by atoms with van der Waals surface area (Å²) in [6.07, 6.45) is 3.51. The molecular formula is C33H24N2O4S. The van der Waals surface area contributed by atoms with Gasteiger partial charge in [0.05, 0.1) is 21.8 Å². The summed E-state index contributed by atoms with van der Waals surface area (Å²) in [7, 11) is 0. The van der Waals surface area contributed by atoms with Gasteiger partial charge in [-0.15, -0.1) is 0 Å². The lowest BCUT2D eigenvalue weighted by atomic mass is 9.83. The average Bonchev–Trinajstić information content (AvgIpc) is 3.56. The topological polar surface area (TPSA) is 84.8 Å². The summed E-state index contributed by atoms with van der Waals surface area (Å²) in [6.45, 7) is 1.91. The van der Waals surface area contributed by atoms with Crippen molar-refractivity contribution in [3.63, 3.8) is 0 Å². The zero-order chi connectivity index (χ0) is 27.4. The molecule has 0 radical (unpaired) electrons. The lowest BCUT2D eigenvalue weighted by molar-refractivity contribution is 0.0697. The molecule has 1 aliphatic heterocycles. The van der Waals surface area contributed by atoms with Crippen LogP contribution in [0.3, 0.4) is 0 Å². The highest BCUT2D eigenvalue weighted by Crippen LogP contribution is 2.41. The van der Waals surface area contributed by atoms with Crippen molar-refractivity contribution < 1.29 is 14.3 Å². The first-order valence-electron chi connectivity index (χ1n) is 13.1. The fraction of sp³-hybridized carbons (Fsp3) is 0.121. The molecule has 5 aromatic rings. The van der Waals surface area contributed by atoms with Crippen LogP contribution in [0, 0.1) is 6.92 Å². The van der Waals surface area contributed by atoms with Crippen molar-refractivity contribution in [1.82, 2.24) is 4.57 Å². The first kappa shape index (κ1) is 24.3. The lowest BCUT2D eigenvalue weighted by Gasteiger charge is -2.30. The van der Waals surface area contributed by atoms with Crippen molar-refractivity contribution in [2.24, 2.45) is 4.99 Å². The van der Waals surface area contributed by atoms with E-state index >= 15 is 0 Å². The minimum atomic E-state index is -0.993. The Balaban J connectivity index is 1.38. The van der Waals surface area contributed by atoms with E-state index in [0.29, 0.717) is 26.4 Å². The number of furan rings is 1. The van der Waals surface area contributed by atoms with Crippen molar-refractivity contribution in [3.05, 3.63) is 144 Å². The van der Waals surface area contributed by atoms with E-state index in [2.05, 4.69) is 30.3 Å². The monoisotopic (exact) mass is 544 g/mol. The molecule has 7 rings (SSSR count). The molecule has 0 saturated carbocycles. The summed E-state index contributed by atoms with van der Waals surface area (Å²) in [5.41, 5.74) is 7.30. The van der Waals surface area contributed by atoms with E-state index in [1.807, 2.05) is 35.8 Å². The molecule has 0 bridgehead atoms. The second-order valence-corrected chi connectivity index (χ2v) is 11.1. The Labute approximate surface area is 233 Å². The second-order valence-electron chi connectivity index (χ2n) is 10.1. The highest BCUT2D eigenvalue weighted by molar-refractivity contribution is 7.07. The Morgan fingerprint density at radius 3 is 2.62 bits per heavy atom. The van der Waals surface area contributed by atoms with Gasteiger partial charge in [-0.2, -0.15) is 0 Å². The SMILES string of the molecule is Cc1ccc(C(=O)O)cc1-c1ccc(/C=c2\sc3n(c2=O)C(c2ccccc2)C2=C(N=3)c3ccccc3CC2)o1. The predicted octanol–water partition coefficient (Wildman–Crippen LogP) is 5.59. The van der Waals surface area contributed by atoms with Gasteiger partial charge in [0.1, 0.15) is 11.5 Å². The van der Waals surface area contributed by atoms with Gasteiger partial charge in [-0.25, -0.2) is 9.79 Å². The van der Waals surface area contributed by atoms with Crippen LogP contribution in [0.25, 0.3) is 23.1 Å². The van der Waals surface area contributed by atoms with Gasteiger partial charge < -0.3 is 9.52 Å². The summed E-state index contributed by atoms with van der Waals surface area (Å²) in [6, 6.07) is 26.9. The Hall–Kier alpha value is -4.75. The molecule has 7 heteroatoms. The normalized spacial score (nSPS) is 16.2. The molecule has 0 fully saturated rings. The van der Waals surface area contributed by atoms with Gasteiger partial charge in [0.2, 0.25) is 0 Å². The van der Waals surface area contributed by atoms with Crippen molar-refractivity contribution in [3.8, 4) is 11.3 Å². The van der Waals surface area contributed by atoms with E-state index in [1.165, 1.54) is 16.9 Å². The third kappa shape index (κ3) is 3.98. The molecule has 196 valence electrons. The van der Waals surface area contributed by atoms with Gasteiger partial charge in [-0.05, 0) is 66.3 Å². The van der Waals surface area contributed by atoms with Crippen LogP contribution in [-0.4, -0.2) is 15.6 Å². The molecule has 0 spiro atoms. The van der Waals surface area contributed by atoms with Crippen LogP contribution < -0.4 is 14.9 Å². The van der Waals surface area contributed by atoms with E-state index < -0.39 is 5.97 Å². The summed E-state index contributed by atoms with van der Waals surface area (Å²) in [5.74, 6) is 0.0760. The highest BCUT2D eigenvalue weighted by atomic mass is 32.1. The molecule has 40 heavy (non-hydrogen) atoms. The smallest absolute Gasteiger partial charge is 0.335 e. The summed E-state index contributed by atoms with van der Waals surface area (Å²) in [5, 5.41) is 9.41. The average molecular weight is 545 g/mol. The first-order valence-corrected chi connectivity index (χ1v) is 13.9. The maximum Gasteiger partial charge on any atom is 0.335 e. The van der Waals surface area contributed by atoms with Crippen molar-refractivity contribution in [2.45, 2.75) is 25.8 Å². The van der Waals surface area contributed by atoms with Crippen LogP contribution in [0.2, 0.25) is 0 Å². The Morgan fingerprint density at radius 1 is 1.00 bits per heavy atom. The third-order valence-corrected chi connectivity index (χ3v) is 8.62. The molecule has 2 aromatic heterocycles. The van der Waals surface area contributed by atoms with Crippen LogP contribution in [0.15, 0.2) is 105 Å². The standard InChI is InChI=1S/C33H24N2O4S/c1-19-11-12-22(32(37)38)17-26(19)27-16-14-23(39-27)18-28-31(36)35-30(21-8-3-2-4-9-21)25-15-13-20-7-5-6-10-24(20)29(25)34-33(35)40-28/h2-12,14,16-18,30H,13,15H2,1H3,(H,37,38)/b28-18-. The summed E-state index contributed by atoms with van der Waals surface area (Å²) >= 11 is 1.36. The Morgan fingerprint density at radius 2 is 1.80 bits per heavy atom. The summed E-state index contributed by atoms with van der Waals surface area (Å²) in [4.78, 5) is 31.1. The van der Waals surface area contributed by atoms with E-state index in [4.69, 9.17) is 9.41 Å². The molecule has 2 aliphatic rings. The molecular weight excluding hydrogens is 520 g/mol. The van der Waals surface area contributed by atoms with Crippen LogP contribution in [0.4, 0.5) is 0 Å². The fourth-order valence-corrected chi connectivity index (χ4v) is 6.66. The zero-order valence-electron chi connectivity index (χ0n) is 21.6. The zero-order valence-corrected chi connectivity index (χ0v) is 22.4. The third-order valence-electron chi connectivity index (χ3n) is 7.64. The molecule has 6 nitrogen and oxygen atoms in total. The van der Waals surface area contributed by atoms with Crippen LogP contribution in [-0.2, 0) is 6.42 Å². The van der Waals surface area contributed by atoms with Crippen LogP contribution in [0.1, 0.15) is 50.8 Å². The minimum absolute atomic E-state index is 0.106. The number of hydrogen-bond acceptors (Lipinski definition) is 5. The second kappa shape index (κ2) is 9.47. The number of allylic oxidation sites excluding steroid dienone is 1. The number of rotatable bonds is 4. The number of aryl methyl sites for hydroxylation is 2. The molecule has 3 aromatic carbocycles. The minimum Gasteiger partial charge on any atom is -0.478 e. The molecule has 0 saturated heterocycles. The van der Waals surface area contributed by atoms with Gasteiger partial charge in [0.25, 0.3) is 5.56 Å². The van der Waals surface area contributed by atoms with Crippen molar-refractivity contribution in [1.29, 1.82) is 0 Å². The Kier molecular flexibility index (Phi) is 5.75. The number of hydrogen-bond donors (Lipinski definition) is 1. The van der Waals surface area contributed by atoms with Gasteiger partial charge in [-0.1, -0.05) is 72.0 Å². The highest BCUT2D eigenvalue weighted by Gasteiger charge is 2.32. The van der Waals surface area contributed by atoms with E-state index in [-0.39, 0.29) is 17.2 Å². The predicted molar refractivity (Wildman–Crippen MR) is 155 cm³/mol. The molecule has 1 aliphatic carbocycles. The van der Waals surface area contributed by atoms with Crippen molar-refractivity contribution in [2.75, 3.05) is 0 Å².